The Kier molecular flexibility index (Phi) is 7.32. The van der Waals surface area contributed by atoms with Crippen LogP contribution in [0.15, 0.2) is 12.1 Å². The highest BCUT2D eigenvalue weighted by atomic mass is 35.5. The highest BCUT2D eigenvalue weighted by Gasteiger charge is 2.14. The molecule has 0 aromatic heterocycles. The quantitative estimate of drug-likeness (QED) is 0.772. The fourth-order valence-electron chi connectivity index (χ4n) is 1.92. The van der Waals surface area contributed by atoms with Crippen LogP contribution in [0.2, 0.25) is 5.02 Å². The molecule has 1 atom stereocenters. The third kappa shape index (κ3) is 5.10. The molecule has 1 unspecified atom stereocenters. The summed E-state index contributed by atoms with van der Waals surface area (Å²) in [4.78, 5) is 11.9. The maximum atomic E-state index is 11.9. The SMILES string of the molecule is CCOc1c(Cl)cc(CNC(=O)C(C)CNC)cc1OC. The molecule has 1 rings (SSSR count). The molecule has 1 aromatic carbocycles. The van der Waals surface area contributed by atoms with E-state index in [1.165, 1.54) is 0 Å². The molecule has 1 aromatic rings. The lowest BCUT2D eigenvalue weighted by Crippen LogP contribution is -2.33. The van der Waals surface area contributed by atoms with E-state index in [1.54, 1.807) is 13.2 Å². The van der Waals surface area contributed by atoms with Crippen molar-refractivity contribution >= 4 is 17.5 Å². The first-order valence-corrected chi connectivity index (χ1v) is 7.32. The van der Waals surface area contributed by atoms with Crippen LogP contribution in [-0.2, 0) is 11.3 Å². The summed E-state index contributed by atoms with van der Waals surface area (Å²) in [5, 5.41) is 6.33. The van der Waals surface area contributed by atoms with E-state index in [1.807, 2.05) is 27.0 Å². The van der Waals surface area contributed by atoms with Gasteiger partial charge in [0.2, 0.25) is 5.91 Å². The topological polar surface area (TPSA) is 59.6 Å². The number of ether oxygens (including phenoxy) is 2. The summed E-state index contributed by atoms with van der Waals surface area (Å²) in [6.45, 7) is 5.30. The van der Waals surface area contributed by atoms with Gasteiger partial charge in [-0.15, -0.1) is 0 Å². The Morgan fingerprint density at radius 2 is 2.14 bits per heavy atom. The molecule has 1 amide bonds. The maximum Gasteiger partial charge on any atom is 0.224 e. The van der Waals surface area contributed by atoms with E-state index in [-0.39, 0.29) is 11.8 Å². The second kappa shape index (κ2) is 8.74. The lowest BCUT2D eigenvalue weighted by molar-refractivity contribution is -0.124. The zero-order valence-electron chi connectivity index (χ0n) is 13.0. The minimum absolute atomic E-state index is 0.00618. The first-order chi connectivity index (χ1) is 10.0. The number of hydrogen-bond donors (Lipinski definition) is 2. The highest BCUT2D eigenvalue weighted by Crippen LogP contribution is 2.36. The molecule has 0 bridgehead atoms. The minimum Gasteiger partial charge on any atom is -0.493 e. The van der Waals surface area contributed by atoms with Crippen molar-refractivity contribution in [3.8, 4) is 11.5 Å². The fourth-order valence-corrected chi connectivity index (χ4v) is 2.21. The molecule has 0 radical (unpaired) electrons. The smallest absolute Gasteiger partial charge is 0.224 e. The third-order valence-corrected chi connectivity index (χ3v) is 3.28. The van der Waals surface area contributed by atoms with Crippen LogP contribution < -0.4 is 20.1 Å². The molecule has 0 aliphatic rings. The Hall–Kier alpha value is -1.46. The van der Waals surface area contributed by atoms with Crippen molar-refractivity contribution in [2.45, 2.75) is 20.4 Å². The molecule has 0 spiro atoms. The average molecular weight is 315 g/mol. The lowest BCUT2D eigenvalue weighted by Gasteiger charge is -2.15. The van der Waals surface area contributed by atoms with Crippen molar-refractivity contribution in [1.82, 2.24) is 10.6 Å². The van der Waals surface area contributed by atoms with Crippen LogP contribution in [0.5, 0.6) is 11.5 Å². The lowest BCUT2D eigenvalue weighted by atomic mass is 10.1. The predicted octanol–water partition coefficient (Wildman–Crippen LogP) is 2.22. The standard InChI is InChI=1S/C15H23ClN2O3/c1-5-21-14-12(16)6-11(7-13(14)20-4)9-18-15(19)10(2)8-17-3/h6-7,10,17H,5,8-9H2,1-4H3,(H,18,19). The largest absolute Gasteiger partial charge is 0.493 e. The van der Waals surface area contributed by atoms with Crippen molar-refractivity contribution in [3.63, 3.8) is 0 Å². The van der Waals surface area contributed by atoms with Gasteiger partial charge in [0.15, 0.2) is 11.5 Å². The van der Waals surface area contributed by atoms with E-state index >= 15 is 0 Å². The Bertz CT molecular complexity index is 480. The first-order valence-electron chi connectivity index (χ1n) is 6.95. The molecule has 0 aliphatic heterocycles. The molecule has 0 aliphatic carbocycles. The maximum absolute atomic E-state index is 11.9. The number of amides is 1. The van der Waals surface area contributed by atoms with Gasteiger partial charge in [0.05, 0.1) is 18.7 Å². The zero-order valence-corrected chi connectivity index (χ0v) is 13.7. The molecule has 0 saturated heterocycles. The van der Waals surface area contributed by atoms with E-state index in [2.05, 4.69) is 10.6 Å². The summed E-state index contributed by atoms with van der Waals surface area (Å²) >= 11 is 6.19. The summed E-state index contributed by atoms with van der Waals surface area (Å²) in [5.74, 6) is 1.00. The molecule has 118 valence electrons. The van der Waals surface area contributed by atoms with Crippen LogP contribution in [0.4, 0.5) is 0 Å². The Labute approximate surface area is 131 Å². The van der Waals surface area contributed by atoms with E-state index in [0.29, 0.717) is 36.2 Å². The first kappa shape index (κ1) is 17.6. The van der Waals surface area contributed by atoms with Gasteiger partial charge in [-0.3, -0.25) is 4.79 Å². The second-order valence-electron chi connectivity index (χ2n) is 4.72. The molecule has 6 heteroatoms. The van der Waals surface area contributed by atoms with E-state index in [4.69, 9.17) is 21.1 Å². The number of halogens is 1. The molecule has 2 N–H and O–H groups in total. The number of methoxy groups -OCH3 is 1. The molecular formula is C15H23ClN2O3. The molecular weight excluding hydrogens is 292 g/mol. The van der Waals surface area contributed by atoms with Gasteiger partial charge in [-0.25, -0.2) is 0 Å². The summed E-state index contributed by atoms with van der Waals surface area (Å²) in [6.07, 6.45) is 0. The van der Waals surface area contributed by atoms with Crippen molar-refractivity contribution in [3.05, 3.63) is 22.7 Å². The van der Waals surface area contributed by atoms with Crippen molar-refractivity contribution in [2.75, 3.05) is 27.3 Å². The molecule has 0 saturated carbocycles. The van der Waals surface area contributed by atoms with Crippen LogP contribution in [0.1, 0.15) is 19.4 Å². The van der Waals surface area contributed by atoms with E-state index < -0.39 is 0 Å². The van der Waals surface area contributed by atoms with E-state index in [0.717, 1.165) is 5.56 Å². The second-order valence-corrected chi connectivity index (χ2v) is 5.13. The van der Waals surface area contributed by atoms with Crippen LogP contribution in [0, 0.1) is 5.92 Å². The van der Waals surface area contributed by atoms with Gasteiger partial charge in [0.1, 0.15) is 0 Å². The summed E-state index contributed by atoms with van der Waals surface area (Å²) in [5.41, 5.74) is 0.866. The van der Waals surface area contributed by atoms with Crippen LogP contribution in [-0.4, -0.2) is 33.2 Å². The van der Waals surface area contributed by atoms with Crippen molar-refractivity contribution in [2.24, 2.45) is 5.92 Å². The number of nitrogens with one attached hydrogen (secondary N) is 2. The van der Waals surface area contributed by atoms with Gasteiger partial charge < -0.3 is 20.1 Å². The number of carbonyl (C=O) groups excluding carboxylic acids is 1. The third-order valence-electron chi connectivity index (χ3n) is 3.00. The highest BCUT2D eigenvalue weighted by molar-refractivity contribution is 6.32. The summed E-state index contributed by atoms with van der Waals surface area (Å²) in [6, 6.07) is 3.60. The average Bonchev–Trinajstić information content (AvgIpc) is 2.47. The number of benzene rings is 1. The normalized spacial score (nSPS) is 11.9. The summed E-state index contributed by atoms with van der Waals surface area (Å²) in [7, 11) is 3.38. The van der Waals surface area contributed by atoms with Gasteiger partial charge >= 0.3 is 0 Å². The molecule has 0 fully saturated rings. The van der Waals surface area contributed by atoms with Gasteiger partial charge in [-0.2, -0.15) is 0 Å². The predicted molar refractivity (Wildman–Crippen MR) is 84.1 cm³/mol. The van der Waals surface area contributed by atoms with E-state index in [9.17, 15) is 4.79 Å². The molecule has 5 nitrogen and oxygen atoms in total. The Morgan fingerprint density at radius 3 is 2.71 bits per heavy atom. The number of rotatable bonds is 8. The minimum atomic E-state index is -0.0879. The summed E-state index contributed by atoms with van der Waals surface area (Å²) < 4.78 is 10.7. The molecule has 21 heavy (non-hydrogen) atoms. The van der Waals surface area contributed by atoms with Crippen molar-refractivity contribution in [1.29, 1.82) is 0 Å². The van der Waals surface area contributed by atoms with Crippen molar-refractivity contribution < 1.29 is 14.3 Å². The van der Waals surface area contributed by atoms with Crippen LogP contribution in [0.25, 0.3) is 0 Å². The number of carbonyl (C=O) groups is 1. The van der Waals surface area contributed by atoms with Gasteiger partial charge in [-0.1, -0.05) is 18.5 Å². The van der Waals surface area contributed by atoms with Crippen LogP contribution in [0.3, 0.4) is 0 Å². The Morgan fingerprint density at radius 1 is 1.43 bits per heavy atom. The van der Waals surface area contributed by atoms with Crippen LogP contribution >= 0.6 is 11.6 Å². The number of hydrogen-bond acceptors (Lipinski definition) is 4. The Balaban J connectivity index is 2.76. The zero-order chi connectivity index (χ0) is 15.8. The van der Waals surface area contributed by atoms with Gasteiger partial charge in [0.25, 0.3) is 0 Å². The molecule has 0 heterocycles. The van der Waals surface area contributed by atoms with Gasteiger partial charge in [-0.05, 0) is 31.7 Å². The van der Waals surface area contributed by atoms with Gasteiger partial charge in [0, 0.05) is 19.0 Å². The monoisotopic (exact) mass is 314 g/mol. The fraction of sp³-hybridized carbons (Fsp3) is 0.533.